The molecule has 8 rings (SSSR count). The Morgan fingerprint density at radius 3 is 2.62 bits per heavy atom. The van der Waals surface area contributed by atoms with Crippen molar-refractivity contribution in [1.29, 1.82) is 0 Å². The molecule has 1 saturated heterocycles. The number of carbonyl (C=O) groups is 1. The molecule has 0 saturated carbocycles. The van der Waals surface area contributed by atoms with Gasteiger partial charge in [0, 0.05) is 36.0 Å². The van der Waals surface area contributed by atoms with Crippen molar-refractivity contribution in [2.45, 2.75) is 84.7 Å². The van der Waals surface area contributed by atoms with Gasteiger partial charge in [0.25, 0.3) is 0 Å². The second kappa shape index (κ2) is 12.0. The zero-order valence-corrected chi connectivity index (χ0v) is 28.7. The molecule has 0 spiro atoms. The zero-order valence-electron chi connectivity index (χ0n) is 28.7. The molecule has 2 aromatic carbocycles. The van der Waals surface area contributed by atoms with E-state index >= 15 is 4.39 Å². The lowest BCUT2D eigenvalue weighted by Gasteiger charge is -2.41. The van der Waals surface area contributed by atoms with E-state index in [1.54, 1.807) is 6.92 Å². The van der Waals surface area contributed by atoms with Gasteiger partial charge >= 0.3 is 5.97 Å². The quantitative estimate of drug-likeness (QED) is 0.164. The average Bonchev–Trinajstić information content (AvgIpc) is 3.44. The van der Waals surface area contributed by atoms with Gasteiger partial charge < -0.3 is 23.8 Å². The van der Waals surface area contributed by atoms with Crippen LogP contribution in [0.2, 0.25) is 0 Å². The standard InChI is InChI=1S/C38H43FN4O5/c1-8-45-36(44)34(48-37(4,5)6)31-23(3)40-30-21-27-24-11-9-12-25-32(24)28(47-29-20-22(2)19-26(39)33(25)29)13-10-18-46-38(7)14-16-42(17-15-38)35(31)43(30)41-27/h9-13,19-21,28,34H,8,14-18H2,1-7H3/b13-10+/t28-,34+/m1/s1. The summed E-state index contributed by atoms with van der Waals surface area (Å²) in [6.07, 6.45) is 3.99. The number of hydrogen-bond donors (Lipinski definition) is 0. The molecule has 252 valence electrons. The molecule has 4 aromatic rings. The first kappa shape index (κ1) is 32.3. The Hall–Kier alpha value is -4.28. The molecule has 2 aromatic heterocycles. The topological polar surface area (TPSA) is 87.4 Å². The highest BCUT2D eigenvalue weighted by Gasteiger charge is 2.39. The number of anilines is 1. The van der Waals surface area contributed by atoms with E-state index in [9.17, 15) is 4.79 Å². The molecule has 0 unspecified atom stereocenters. The molecular weight excluding hydrogens is 611 g/mol. The van der Waals surface area contributed by atoms with Gasteiger partial charge in [-0.2, -0.15) is 9.61 Å². The maximum absolute atomic E-state index is 15.6. The highest BCUT2D eigenvalue weighted by molar-refractivity contribution is 5.85. The molecule has 4 bridgehead atoms. The van der Waals surface area contributed by atoms with Crippen LogP contribution in [-0.4, -0.2) is 58.1 Å². The van der Waals surface area contributed by atoms with Crippen LogP contribution in [0.25, 0.3) is 28.0 Å². The van der Waals surface area contributed by atoms with E-state index in [2.05, 4.69) is 11.8 Å². The molecule has 0 amide bonds. The van der Waals surface area contributed by atoms with Gasteiger partial charge in [-0.3, -0.25) is 0 Å². The largest absolute Gasteiger partial charge is 0.481 e. The van der Waals surface area contributed by atoms with Crippen LogP contribution in [0.5, 0.6) is 5.75 Å². The predicted molar refractivity (Wildman–Crippen MR) is 182 cm³/mol. The van der Waals surface area contributed by atoms with E-state index in [-0.39, 0.29) is 18.0 Å². The lowest BCUT2D eigenvalue weighted by molar-refractivity contribution is -0.166. The van der Waals surface area contributed by atoms with Crippen LogP contribution in [0.4, 0.5) is 10.2 Å². The molecule has 9 nitrogen and oxygen atoms in total. The minimum atomic E-state index is -1.02. The van der Waals surface area contributed by atoms with Crippen LogP contribution in [-0.2, 0) is 19.0 Å². The van der Waals surface area contributed by atoms with Gasteiger partial charge in [0.1, 0.15) is 23.5 Å². The SMILES string of the molecule is CCOC(=O)[C@@H](OC(C)(C)C)c1c(C)nc2cc3nn2c1N1CCC(C)(CC1)OC/C=C/[C@H]1Oc2cc(C)cc(F)c2-c2cccc-3c21. The van der Waals surface area contributed by atoms with E-state index in [4.69, 9.17) is 29.0 Å². The van der Waals surface area contributed by atoms with Crippen molar-refractivity contribution in [3.8, 4) is 28.1 Å². The second-order valence-electron chi connectivity index (χ2n) is 14.2. The normalized spacial score (nSPS) is 21.6. The van der Waals surface area contributed by atoms with Crippen LogP contribution < -0.4 is 9.64 Å². The number of hydrogen-bond acceptors (Lipinski definition) is 8. The minimum Gasteiger partial charge on any atom is -0.481 e. The van der Waals surface area contributed by atoms with Gasteiger partial charge in [0.2, 0.25) is 0 Å². The van der Waals surface area contributed by atoms with Crippen molar-refractivity contribution >= 4 is 17.4 Å². The third-order valence-corrected chi connectivity index (χ3v) is 9.39. The van der Waals surface area contributed by atoms with E-state index in [1.165, 1.54) is 6.07 Å². The van der Waals surface area contributed by atoms with Crippen LogP contribution >= 0.6 is 0 Å². The number of aromatic nitrogens is 3. The summed E-state index contributed by atoms with van der Waals surface area (Å²) < 4.78 is 42.5. The number of esters is 1. The van der Waals surface area contributed by atoms with Gasteiger partial charge in [0.15, 0.2) is 11.8 Å². The Balaban J connectivity index is 1.50. The molecule has 48 heavy (non-hydrogen) atoms. The average molecular weight is 655 g/mol. The van der Waals surface area contributed by atoms with E-state index in [0.29, 0.717) is 53.6 Å². The molecular formula is C38H43FN4O5. The monoisotopic (exact) mass is 654 g/mol. The van der Waals surface area contributed by atoms with Crippen LogP contribution in [0, 0.1) is 19.7 Å². The van der Waals surface area contributed by atoms with E-state index in [1.807, 2.05) is 81.6 Å². The first-order chi connectivity index (χ1) is 22.9. The van der Waals surface area contributed by atoms with Crippen molar-refractivity contribution in [3.05, 3.63) is 76.8 Å². The third kappa shape index (κ3) is 5.75. The summed E-state index contributed by atoms with van der Waals surface area (Å²) in [6.45, 7) is 15.4. The highest BCUT2D eigenvalue weighted by atomic mass is 19.1. The molecule has 0 radical (unpaired) electrons. The van der Waals surface area contributed by atoms with Crippen molar-refractivity contribution < 1.29 is 28.1 Å². The number of nitrogens with zero attached hydrogens (tertiary/aromatic N) is 4. The molecule has 2 atom stereocenters. The van der Waals surface area contributed by atoms with Crippen molar-refractivity contribution in [2.75, 3.05) is 31.2 Å². The number of rotatable bonds is 4. The zero-order chi connectivity index (χ0) is 34.0. The number of benzene rings is 2. The fraction of sp³-hybridized carbons (Fsp3) is 0.447. The minimum absolute atomic E-state index is 0.220. The van der Waals surface area contributed by atoms with E-state index < -0.39 is 23.8 Å². The fourth-order valence-electron chi connectivity index (χ4n) is 7.13. The molecule has 0 N–H and O–H groups in total. The van der Waals surface area contributed by atoms with Crippen LogP contribution in [0.1, 0.15) is 82.1 Å². The Bertz CT molecular complexity index is 1940. The fourth-order valence-corrected chi connectivity index (χ4v) is 7.13. The number of halogens is 1. The number of carbonyl (C=O) groups excluding carboxylic acids is 1. The number of piperidine rings is 1. The number of ether oxygens (including phenoxy) is 4. The molecule has 10 heteroatoms. The highest BCUT2D eigenvalue weighted by Crippen LogP contribution is 2.48. The third-order valence-electron chi connectivity index (χ3n) is 9.39. The number of fused-ring (bicyclic) bond motifs is 6. The molecule has 6 heterocycles. The van der Waals surface area contributed by atoms with Gasteiger partial charge in [0.05, 0.1) is 41.2 Å². The molecule has 0 aliphatic carbocycles. The summed E-state index contributed by atoms with van der Waals surface area (Å²) in [7, 11) is 0. The first-order valence-corrected chi connectivity index (χ1v) is 16.8. The molecule has 4 aliphatic heterocycles. The maximum atomic E-state index is 15.6. The maximum Gasteiger partial charge on any atom is 0.340 e. The molecule has 4 aliphatic rings. The van der Waals surface area contributed by atoms with Crippen molar-refractivity contribution in [2.24, 2.45) is 0 Å². The predicted octanol–water partition coefficient (Wildman–Crippen LogP) is 7.62. The summed E-state index contributed by atoms with van der Waals surface area (Å²) in [4.78, 5) is 20.9. The smallest absolute Gasteiger partial charge is 0.340 e. The summed E-state index contributed by atoms with van der Waals surface area (Å²) in [5.74, 6) is 0.443. The molecule has 1 fully saturated rings. The Morgan fingerprint density at radius 1 is 1.15 bits per heavy atom. The Labute approximate surface area is 280 Å². The van der Waals surface area contributed by atoms with Crippen LogP contribution in [0.3, 0.4) is 0 Å². The summed E-state index contributed by atoms with van der Waals surface area (Å²) in [5, 5.41) is 5.19. The summed E-state index contributed by atoms with van der Waals surface area (Å²) >= 11 is 0. The summed E-state index contributed by atoms with van der Waals surface area (Å²) in [6, 6.07) is 11.2. The van der Waals surface area contributed by atoms with Gasteiger partial charge in [-0.25, -0.2) is 14.2 Å². The van der Waals surface area contributed by atoms with Crippen molar-refractivity contribution in [3.63, 3.8) is 0 Å². The lowest BCUT2D eigenvalue weighted by Crippen LogP contribution is -2.45. The summed E-state index contributed by atoms with van der Waals surface area (Å²) in [5.41, 5.74) is 5.16. The van der Waals surface area contributed by atoms with Crippen molar-refractivity contribution in [1.82, 2.24) is 14.6 Å². The van der Waals surface area contributed by atoms with Gasteiger partial charge in [-0.15, -0.1) is 0 Å². The Kier molecular flexibility index (Phi) is 8.07. The Morgan fingerprint density at radius 2 is 1.90 bits per heavy atom. The second-order valence-corrected chi connectivity index (χ2v) is 14.2. The lowest BCUT2D eigenvalue weighted by atomic mass is 9.87. The van der Waals surface area contributed by atoms with Gasteiger partial charge in [-0.05, 0) is 90.6 Å². The first-order valence-electron chi connectivity index (χ1n) is 16.8. The van der Waals surface area contributed by atoms with Crippen LogP contribution in [0.15, 0.2) is 48.6 Å². The van der Waals surface area contributed by atoms with E-state index in [0.717, 1.165) is 40.9 Å². The number of aryl methyl sites for hydroxylation is 2. The van der Waals surface area contributed by atoms with Gasteiger partial charge in [-0.1, -0.05) is 24.3 Å².